The Balaban J connectivity index is 2.96. The Morgan fingerprint density at radius 3 is 2.75 bits per heavy atom. The Bertz CT molecular complexity index is 520. The molecule has 0 radical (unpaired) electrons. The van der Waals surface area contributed by atoms with E-state index in [1.165, 1.54) is 0 Å². The molecule has 0 saturated carbocycles. The van der Waals surface area contributed by atoms with Gasteiger partial charge in [0, 0.05) is 6.04 Å². The second kappa shape index (κ2) is 6.83. The average Bonchev–Trinajstić information content (AvgIpc) is 2.38. The van der Waals surface area contributed by atoms with Crippen molar-refractivity contribution in [3.05, 3.63) is 33.6 Å². The molecule has 20 heavy (non-hydrogen) atoms. The molecule has 1 atom stereocenters. The normalized spacial score (nSPS) is 11.9. The zero-order chi connectivity index (χ0) is 15.3. The molecule has 1 unspecified atom stereocenters. The van der Waals surface area contributed by atoms with Gasteiger partial charge in [-0.3, -0.25) is 14.9 Å². The second-order valence-corrected chi connectivity index (χ2v) is 4.66. The van der Waals surface area contributed by atoms with E-state index in [1.807, 2.05) is 13.8 Å². The van der Waals surface area contributed by atoms with E-state index in [0.717, 1.165) is 25.3 Å². The first-order valence-electron chi connectivity index (χ1n) is 6.41. The topological polar surface area (TPSA) is 98.3 Å². The number of unbranched alkanes of at least 4 members (excludes halogenated alkanes) is 1. The number of hydrogen-bond donors (Lipinski definition) is 2. The average molecular weight is 283 g/mol. The van der Waals surface area contributed by atoms with E-state index in [-0.39, 0.29) is 17.3 Å². The van der Waals surface area contributed by atoms with Crippen molar-refractivity contribution in [3.8, 4) is 0 Å². The van der Waals surface area contributed by atoms with Crippen LogP contribution in [0.3, 0.4) is 0 Å². The SMILES string of the molecule is CCCCC(C)NC(=O)c1cc(F)cc([N+](=O)[O-])c1N. The first-order chi connectivity index (χ1) is 9.36. The third kappa shape index (κ3) is 3.91. The summed E-state index contributed by atoms with van der Waals surface area (Å²) in [6.07, 6.45) is 2.72. The van der Waals surface area contributed by atoms with E-state index < -0.39 is 22.3 Å². The molecule has 0 aliphatic carbocycles. The predicted octanol–water partition coefficient (Wildman–Crippen LogP) is 2.62. The first-order valence-corrected chi connectivity index (χ1v) is 6.41. The number of rotatable bonds is 6. The van der Waals surface area contributed by atoms with E-state index in [0.29, 0.717) is 6.07 Å². The smallest absolute Gasteiger partial charge is 0.295 e. The summed E-state index contributed by atoms with van der Waals surface area (Å²) in [6, 6.07) is 1.50. The zero-order valence-corrected chi connectivity index (χ0v) is 11.5. The van der Waals surface area contributed by atoms with Crippen molar-refractivity contribution in [2.75, 3.05) is 5.73 Å². The Morgan fingerprint density at radius 2 is 2.20 bits per heavy atom. The summed E-state index contributed by atoms with van der Waals surface area (Å²) in [5.41, 5.74) is 4.43. The van der Waals surface area contributed by atoms with Crippen LogP contribution in [0.2, 0.25) is 0 Å². The number of amides is 1. The zero-order valence-electron chi connectivity index (χ0n) is 11.5. The minimum atomic E-state index is -0.864. The van der Waals surface area contributed by atoms with Crippen LogP contribution >= 0.6 is 0 Å². The van der Waals surface area contributed by atoms with E-state index in [9.17, 15) is 19.3 Å². The fraction of sp³-hybridized carbons (Fsp3) is 0.462. The minimum Gasteiger partial charge on any atom is -0.393 e. The van der Waals surface area contributed by atoms with Crippen LogP contribution in [-0.2, 0) is 0 Å². The fourth-order valence-electron chi connectivity index (χ4n) is 1.83. The maximum Gasteiger partial charge on any atom is 0.295 e. The van der Waals surface area contributed by atoms with Crippen LogP contribution in [0, 0.1) is 15.9 Å². The first kappa shape index (κ1) is 15.9. The number of benzene rings is 1. The van der Waals surface area contributed by atoms with Gasteiger partial charge in [-0.1, -0.05) is 19.8 Å². The van der Waals surface area contributed by atoms with Crippen molar-refractivity contribution in [2.45, 2.75) is 39.2 Å². The predicted molar refractivity (Wildman–Crippen MR) is 73.9 cm³/mol. The standard InChI is InChI=1S/C13H18FN3O3/c1-3-4-5-8(2)16-13(18)10-6-9(14)7-11(12(10)15)17(19)20/h6-8H,3-5,15H2,1-2H3,(H,16,18). The number of nitrogen functional groups attached to an aromatic ring is 1. The lowest BCUT2D eigenvalue weighted by atomic mass is 10.1. The van der Waals surface area contributed by atoms with Gasteiger partial charge in [0.25, 0.3) is 11.6 Å². The van der Waals surface area contributed by atoms with E-state index in [2.05, 4.69) is 5.32 Å². The van der Waals surface area contributed by atoms with Crippen molar-refractivity contribution in [2.24, 2.45) is 0 Å². The largest absolute Gasteiger partial charge is 0.393 e. The van der Waals surface area contributed by atoms with Gasteiger partial charge < -0.3 is 11.1 Å². The Kier molecular flexibility index (Phi) is 5.42. The molecule has 3 N–H and O–H groups in total. The summed E-state index contributed by atoms with van der Waals surface area (Å²) in [5.74, 6) is -1.47. The lowest BCUT2D eigenvalue weighted by molar-refractivity contribution is -0.384. The van der Waals surface area contributed by atoms with E-state index in [1.54, 1.807) is 0 Å². The number of nitrogens with one attached hydrogen (secondary N) is 1. The van der Waals surface area contributed by atoms with Crippen LogP contribution < -0.4 is 11.1 Å². The highest BCUT2D eigenvalue weighted by Crippen LogP contribution is 2.26. The maximum absolute atomic E-state index is 13.3. The fourth-order valence-corrected chi connectivity index (χ4v) is 1.83. The van der Waals surface area contributed by atoms with Crippen LogP contribution in [0.1, 0.15) is 43.5 Å². The molecule has 6 nitrogen and oxygen atoms in total. The van der Waals surface area contributed by atoms with E-state index >= 15 is 0 Å². The number of carbonyl (C=O) groups excluding carboxylic acids is 1. The second-order valence-electron chi connectivity index (χ2n) is 4.66. The molecule has 0 aliphatic rings. The Labute approximate surface area is 116 Å². The summed E-state index contributed by atoms with van der Waals surface area (Å²) in [4.78, 5) is 21.9. The molecule has 0 heterocycles. The molecule has 7 heteroatoms. The van der Waals surface area contributed by atoms with Gasteiger partial charge in [-0.2, -0.15) is 0 Å². The highest BCUT2D eigenvalue weighted by atomic mass is 19.1. The summed E-state index contributed by atoms with van der Waals surface area (Å²) in [7, 11) is 0. The molecule has 0 fully saturated rings. The van der Waals surface area contributed by atoms with Gasteiger partial charge in [-0.15, -0.1) is 0 Å². The summed E-state index contributed by atoms with van der Waals surface area (Å²) in [5, 5.41) is 13.4. The third-order valence-corrected chi connectivity index (χ3v) is 2.93. The number of nitrogens with zero attached hydrogens (tertiary/aromatic N) is 1. The summed E-state index contributed by atoms with van der Waals surface area (Å²) >= 11 is 0. The quantitative estimate of drug-likeness (QED) is 0.476. The molecular weight excluding hydrogens is 265 g/mol. The number of carbonyl (C=O) groups is 1. The van der Waals surface area contributed by atoms with Crippen LogP contribution in [0.4, 0.5) is 15.8 Å². The van der Waals surface area contributed by atoms with Crippen molar-refractivity contribution < 1.29 is 14.1 Å². The number of halogens is 1. The molecule has 1 aromatic carbocycles. The molecule has 1 rings (SSSR count). The van der Waals surface area contributed by atoms with Gasteiger partial charge in [-0.05, 0) is 19.4 Å². The Morgan fingerprint density at radius 1 is 1.55 bits per heavy atom. The van der Waals surface area contributed by atoms with Crippen molar-refractivity contribution in [1.29, 1.82) is 0 Å². The molecule has 0 aliphatic heterocycles. The molecule has 1 aromatic rings. The number of hydrogen-bond acceptors (Lipinski definition) is 4. The highest BCUT2D eigenvalue weighted by Gasteiger charge is 2.22. The van der Waals surface area contributed by atoms with Crippen molar-refractivity contribution >= 4 is 17.3 Å². The number of nitro groups is 1. The van der Waals surface area contributed by atoms with Crippen LogP contribution in [0.25, 0.3) is 0 Å². The molecule has 0 spiro atoms. The van der Waals surface area contributed by atoms with Crippen molar-refractivity contribution in [3.63, 3.8) is 0 Å². The monoisotopic (exact) mass is 283 g/mol. The molecule has 0 bridgehead atoms. The summed E-state index contributed by atoms with van der Waals surface area (Å²) in [6.45, 7) is 3.85. The molecule has 1 amide bonds. The minimum absolute atomic E-state index is 0.107. The lowest BCUT2D eigenvalue weighted by Crippen LogP contribution is -2.33. The van der Waals surface area contributed by atoms with Gasteiger partial charge in [0.2, 0.25) is 0 Å². The van der Waals surface area contributed by atoms with Gasteiger partial charge in [0.05, 0.1) is 16.6 Å². The molecule has 0 saturated heterocycles. The van der Waals surface area contributed by atoms with Gasteiger partial charge >= 0.3 is 0 Å². The lowest BCUT2D eigenvalue weighted by Gasteiger charge is -2.14. The number of nitro benzene ring substituents is 1. The van der Waals surface area contributed by atoms with Crippen LogP contribution in [-0.4, -0.2) is 16.9 Å². The van der Waals surface area contributed by atoms with Crippen molar-refractivity contribution in [1.82, 2.24) is 5.32 Å². The molecule has 0 aromatic heterocycles. The van der Waals surface area contributed by atoms with Crippen LogP contribution in [0.5, 0.6) is 0 Å². The molecular formula is C13H18FN3O3. The highest BCUT2D eigenvalue weighted by molar-refractivity contribution is 6.01. The van der Waals surface area contributed by atoms with E-state index in [4.69, 9.17) is 5.73 Å². The Hall–Kier alpha value is -2.18. The van der Waals surface area contributed by atoms with Crippen LogP contribution in [0.15, 0.2) is 12.1 Å². The number of anilines is 1. The number of nitrogens with two attached hydrogens (primary N) is 1. The summed E-state index contributed by atoms with van der Waals surface area (Å²) < 4.78 is 13.3. The molecule has 110 valence electrons. The maximum atomic E-state index is 13.3. The third-order valence-electron chi connectivity index (χ3n) is 2.93. The van der Waals surface area contributed by atoms with Gasteiger partial charge in [0.15, 0.2) is 0 Å². The van der Waals surface area contributed by atoms with Gasteiger partial charge in [-0.25, -0.2) is 4.39 Å². The van der Waals surface area contributed by atoms with Gasteiger partial charge in [0.1, 0.15) is 11.5 Å².